The molecule has 1 aliphatic carbocycles. The Hall–Kier alpha value is -1.40. The van der Waals surface area contributed by atoms with Crippen molar-refractivity contribution in [3.05, 3.63) is 32.6 Å². The summed E-state index contributed by atoms with van der Waals surface area (Å²) in [5.41, 5.74) is -0.381. The summed E-state index contributed by atoms with van der Waals surface area (Å²) in [5, 5.41) is 10.1. The van der Waals surface area contributed by atoms with Crippen molar-refractivity contribution in [3.8, 4) is 0 Å². The SMILES string of the molecule is Cc1cn([C@H]2CC(O)[C@@H](C3(C)CC3)O2)c(=O)[nH]c1=O. The Labute approximate surface area is 110 Å². The highest BCUT2D eigenvalue weighted by molar-refractivity contribution is 5.04. The van der Waals surface area contributed by atoms with Crippen LogP contribution in [0, 0.1) is 12.3 Å². The molecule has 2 fully saturated rings. The summed E-state index contributed by atoms with van der Waals surface area (Å²) in [5.74, 6) is 0. The molecule has 1 aliphatic heterocycles. The molecule has 1 aromatic heterocycles. The number of aryl methyl sites for hydroxylation is 1. The first-order chi connectivity index (χ1) is 8.90. The van der Waals surface area contributed by atoms with Crippen LogP contribution in [0.4, 0.5) is 0 Å². The first-order valence-corrected chi connectivity index (χ1v) is 6.56. The first-order valence-electron chi connectivity index (χ1n) is 6.56. The van der Waals surface area contributed by atoms with E-state index in [0.717, 1.165) is 12.8 Å². The van der Waals surface area contributed by atoms with Gasteiger partial charge in [-0.15, -0.1) is 0 Å². The Kier molecular flexibility index (Phi) is 2.69. The van der Waals surface area contributed by atoms with E-state index < -0.39 is 18.0 Å². The van der Waals surface area contributed by atoms with E-state index in [9.17, 15) is 14.7 Å². The largest absolute Gasteiger partial charge is 0.390 e. The van der Waals surface area contributed by atoms with E-state index in [0.29, 0.717) is 12.0 Å². The maximum Gasteiger partial charge on any atom is 0.330 e. The molecule has 2 N–H and O–H groups in total. The summed E-state index contributed by atoms with van der Waals surface area (Å²) in [7, 11) is 0. The Bertz CT molecular complexity index is 614. The van der Waals surface area contributed by atoms with Crippen molar-refractivity contribution in [1.29, 1.82) is 0 Å². The summed E-state index contributed by atoms with van der Waals surface area (Å²) >= 11 is 0. The minimum Gasteiger partial charge on any atom is -0.390 e. The molecule has 1 unspecified atom stereocenters. The van der Waals surface area contributed by atoms with Gasteiger partial charge in [0.1, 0.15) is 6.23 Å². The Balaban J connectivity index is 1.90. The van der Waals surface area contributed by atoms with Gasteiger partial charge in [-0.3, -0.25) is 14.3 Å². The quantitative estimate of drug-likeness (QED) is 0.806. The van der Waals surface area contributed by atoms with Crippen LogP contribution in [0.25, 0.3) is 0 Å². The number of hydrogen-bond donors (Lipinski definition) is 2. The summed E-state index contributed by atoms with van der Waals surface area (Å²) in [6.07, 6.45) is 2.68. The number of aromatic amines is 1. The van der Waals surface area contributed by atoms with Crippen molar-refractivity contribution < 1.29 is 9.84 Å². The zero-order valence-electron chi connectivity index (χ0n) is 11.0. The molecule has 2 aliphatic rings. The first kappa shape index (κ1) is 12.6. The predicted octanol–water partition coefficient (Wildman–Crippen LogP) is 0.294. The number of nitrogens with one attached hydrogen (secondary N) is 1. The average molecular weight is 266 g/mol. The number of nitrogens with zero attached hydrogens (tertiary/aromatic N) is 1. The molecule has 2 heterocycles. The Morgan fingerprint density at radius 3 is 2.79 bits per heavy atom. The van der Waals surface area contributed by atoms with Crippen molar-refractivity contribution in [2.75, 3.05) is 0 Å². The maximum atomic E-state index is 11.8. The van der Waals surface area contributed by atoms with Gasteiger partial charge in [0.05, 0.1) is 12.2 Å². The van der Waals surface area contributed by atoms with E-state index in [-0.39, 0.29) is 17.1 Å². The highest BCUT2D eigenvalue weighted by Gasteiger charge is 2.53. The molecule has 0 bridgehead atoms. The molecule has 19 heavy (non-hydrogen) atoms. The molecule has 1 saturated heterocycles. The van der Waals surface area contributed by atoms with Crippen LogP contribution >= 0.6 is 0 Å². The van der Waals surface area contributed by atoms with Crippen molar-refractivity contribution in [3.63, 3.8) is 0 Å². The van der Waals surface area contributed by atoms with Crippen LogP contribution in [0.3, 0.4) is 0 Å². The minimum absolute atomic E-state index is 0.0367. The minimum atomic E-state index is -0.559. The van der Waals surface area contributed by atoms with Gasteiger partial charge >= 0.3 is 5.69 Å². The predicted molar refractivity (Wildman–Crippen MR) is 67.9 cm³/mol. The Morgan fingerprint density at radius 2 is 2.16 bits per heavy atom. The van der Waals surface area contributed by atoms with E-state index in [1.165, 1.54) is 10.8 Å². The molecule has 3 atom stereocenters. The van der Waals surface area contributed by atoms with E-state index in [1.54, 1.807) is 6.92 Å². The monoisotopic (exact) mass is 266 g/mol. The summed E-state index contributed by atoms with van der Waals surface area (Å²) in [6.45, 7) is 3.73. The van der Waals surface area contributed by atoms with E-state index in [1.807, 2.05) is 0 Å². The molecule has 3 rings (SSSR count). The zero-order valence-corrected chi connectivity index (χ0v) is 11.0. The van der Waals surface area contributed by atoms with Crippen molar-refractivity contribution in [2.24, 2.45) is 5.41 Å². The second kappa shape index (κ2) is 4.05. The van der Waals surface area contributed by atoms with Crippen LogP contribution in [0.2, 0.25) is 0 Å². The van der Waals surface area contributed by atoms with Gasteiger partial charge in [-0.05, 0) is 25.2 Å². The van der Waals surface area contributed by atoms with Gasteiger partial charge in [0.15, 0.2) is 0 Å². The zero-order chi connectivity index (χ0) is 13.8. The molecule has 0 spiro atoms. The summed E-state index contributed by atoms with van der Waals surface area (Å²) < 4.78 is 7.22. The highest BCUT2D eigenvalue weighted by atomic mass is 16.5. The van der Waals surface area contributed by atoms with Crippen LogP contribution < -0.4 is 11.2 Å². The van der Waals surface area contributed by atoms with Crippen LogP contribution in [0.15, 0.2) is 15.8 Å². The van der Waals surface area contributed by atoms with Crippen LogP contribution in [0.1, 0.15) is 38.0 Å². The topological polar surface area (TPSA) is 84.3 Å². The van der Waals surface area contributed by atoms with Gasteiger partial charge in [-0.1, -0.05) is 6.92 Å². The number of ether oxygens (including phenoxy) is 1. The normalized spacial score (nSPS) is 32.5. The van der Waals surface area contributed by atoms with Gasteiger partial charge in [-0.25, -0.2) is 4.79 Å². The third-order valence-corrected chi connectivity index (χ3v) is 4.28. The molecule has 104 valence electrons. The molecule has 0 radical (unpaired) electrons. The van der Waals surface area contributed by atoms with Crippen LogP contribution in [0.5, 0.6) is 0 Å². The van der Waals surface area contributed by atoms with Crippen molar-refractivity contribution >= 4 is 0 Å². The highest BCUT2D eigenvalue weighted by Crippen LogP contribution is 2.53. The molecule has 6 heteroatoms. The number of hydrogen-bond acceptors (Lipinski definition) is 4. The van der Waals surface area contributed by atoms with Gasteiger partial charge in [-0.2, -0.15) is 0 Å². The molecular formula is C13H18N2O4. The summed E-state index contributed by atoms with van der Waals surface area (Å²) in [6, 6.07) is 0. The van der Waals surface area contributed by atoms with Crippen LogP contribution in [-0.4, -0.2) is 26.9 Å². The smallest absolute Gasteiger partial charge is 0.330 e. The lowest BCUT2D eigenvalue weighted by molar-refractivity contribution is -0.0545. The second-order valence-electron chi connectivity index (χ2n) is 5.95. The number of aromatic nitrogens is 2. The third kappa shape index (κ3) is 2.04. The molecule has 6 nitrogen and oxygen atoms in total. The lowest BCUT2D eigenvalue weighted by atomic mass is 9.97. The molecular weight excluding hydrogens is 248 g/mol. The maximum absolute atomic E-state index is 11.8. The van der Waals surface area contributed by atoms with Gasteiger partial charge in [0.2, 0.25) is 0 Å². The fourth-order valence-corrected chi connectivity index (χ4v) is 2.74. The fraction of sp³-hybridized carbons (Fsp3) is 0.692. The lowest BCUT2D eigenvalue weighted by Crippen LogP contribution is -2.33. The van der Waals surface area contributed by atoms with E-state index >= 15 is 0 Å². The van der Waals surface area contributed by atoms with Gasteiger partial charge in [0, 0.05) is 18.2 Å². The standard InChI is InChI=1S/C13H18N2O4/c1-7-6-15(12(18)14-11(7)17)9-5-8(16)10(19-9)13(2)3-4-13/h6,8-10,16H,3-5H2,1-2H3,(H,14,17,18)/t8?,9-,10+/m1/s1. The van der Waals surface area contributed by atoms with Crippen LogP contribution in [-0.2, 0) is 4.74 Å². The lowest BCUT2D eigenvalue weighted by Gasteiger charge is -2.21. The number of aliphatic hydroxyl groups excluding tert-OH is 1. The van der Waals surface area contributed by atoms with Crippen molar-refractivity contribution in [1.82, 2.24) is 9.55 Å². The molecule has 1 saturated carbocycles. The Morgan fingerprint density at radius 1 is 1.47 bits per heavy atom. The van der Waals surface area contributed by atoms with Crippen molar-refractivity contribution in [2.45, 2.75) is 51.5 Å². The molecule has 0 aromatic carbocycles. The fourth-order valence-electron chi connectivity index (χ4n) is 2.74. The summed E-state index contributed by atoms with van der Waals surface area (Å²) in [4.78, 5) is 25.4. The number of H-pyrrole nitrogens is 1. The second-order valence-corrected chi connectivity index (χ2v) is 5.95. The van der Waals surface area contributed by atoms with E-state index in [2.05, 4.69) is 11.9 Å². The third-order valence-electron chi connectivity index (χ3n) is 4.28. The number of rotatable bonds is 2. The molecule has 1 aromatic rings. The average Bonchev–Trinajstić information content (AvgIpc) is 2.95. The van der Waals surface area contributed by atoms with E-state index in [4.69, 9.17) is 4.74 Å². The molecule has 0 amide bonds. The van der Waals surface area contributed by atoms with Gasteiger partial charge in [0.25, 0.3) is 5.56 Å². The number of aliphatic hydroxyl groups is 1. The van der Waals surface area contributed by atoms with Gasteiger partial charge < -0.3 is 9.84 Å².